The summed E-state index contributed by atoms with van der Waals surface area (Å²) in [5.41, 5.74) is 6.94. The van der Waals surface area contributed by atoms with E-state index in [9.17, 15) is 0 Å². The number of hydrogen-bond donors (Lipinski definition) is 0. The molecule has 1 atom stereocenters. The van der Waals surface area contributed by atoms with E-state index in [1.54, 1.807) is 0 Å². The molecule has 0 fully saturated rings. The molecule has 0 rings (SSSR count). The Bertz CT molecular complexity index is 46.5. The van der Waals surface area contributed by atoms with Crippen molar-refractivity contribution in [1.29, 1.82) is 0 Å². The van der Waals surface area contributed by atoms with Crippen LogP contribution in [0.3, 0.4) is 0 Å². The van der Waals surface area contributed by atoms with Crippen molar-refractivity contribution in [3.05, 3.63) is 12.7 Å². The summed E-state index contributed by atoms with van der Waals surface area (Å²) in [7, 11) is 0. The van der Waals surface area contributed by atoms with Gasteiger partial charge in [0.05, 0.1) is 0 Å². The van der Waals surface area contributed by atoms with Crippen molar-refractivity contribution in [2.75, 3.05) is 6.54 Å². The van der Waals surface area contributed by atoms with Crippen LogP contribution in [0.5, 0.6) is 0 Å². The van der Waals surface area contributed by atoms with E-state index >= 15 is 0 Å². The van der Waals surface area contributed by atoms with Crippen molar-refractivity contribution in [3.8, 4) is 0 Å². The van der Waals surface area contributed by atoms with Crippen LogP contribution in [-0.4, -0.2) is 6.54 Å². The molecule has 0 radical (unpaired) electrons. The molecule has 46 valence electrons. The maximum Gasteiger partial charge on any atom is 2.00 e. The van der Waals surface area contributed by atoms with Crippen LogP contribution in [0.2, 0.25) is 0 Å². The van der Waals surface area contributed by atoms with Crippen LogP contribution in [0.1, 0.15) is 20.3 Å². The van der Waals surface area contributed by atoms with E-state index < -0.39 is 0 Å². The van der Waals surface area contributed by atoms with E-state index in [1.807, 2.05) is 6.92 Å². The van der Waals surface area contributed by atoms with Gasteiger partial charge in [-0.3, -0.25) is 0 Å². The van der Waals surface area contributed by atoms with Gasteiger partial charge in [0.1, 0.15) is 0 Å². The van der Waals surface area contributed by atoms with Gasteiger partial charge in [0.2, 0.25) is 0 Å². The van der Waals surface area contributed by atoms with Gasteiger partial charge in [-0.2, -0.15) is 12.0 Å². The Hall–Kier alpha value is 1.01. The fraction of sp³-hybridized carbons (Fsp3) is 0.833. The first-order valence-electron chi connectivity index (χ1n) is 2.62. The molecule has 0 saturated carbocycles. The predicted molar refractivity (Wildman–Crippen MR) is 32.9 cm³/mol. The quantitative estimate of drug-likeness (QED) is 0.691. The third-order valence-corrected chi connectivity index (χ3v) is 1.28. The third kappa shape index (κ3) is 5.15. The summed E-state index contributed by atoms with van der Waals surface area (Å²) in [6.07, 6.45) is 0.997. The summed E-state index contributed by atoms with van der Waals surface area (Å²) in [5, 5.41) is 0. The van der Waals surface area contributed by atoms with Gasteiger partial charge >= 0.3 is 31.1 Å². The van der Waals surface area contributed by atoms with Crippen molar-refractivity contribution in [3.63, 3.8) is 0 Å². The molecule has 0 aromatic carbocycles. The van der Waals surface area contributed by atoms with Crippen LogP contribution in [0.4, 0.5) is 0 Å². The molecule has 2 heteroatoms. The van der Waals surface area contributed by atoms with Crippen LogP contribution < -0.4 is 0 Å². The Morgan fingerprint density at radius 3 is 2.00 bits per heavy atom. The number of nitrogens with one attached hydrogen (secondary N) is 1. The average molecular weight is 337 g/mol. The second kappa shape index (κ2) is 4.85. The molecule has 0 aromatic heterocycles. The minimum atomic E-state index is 0. The zero-order valence-electron chi connectivity index (χ0n) is 5.62. The van der Waals surface area contributed by atoms with Crippen LogP contribution in [0.15, 0.2) is 0 Å². The first-order chi connectivity index (χ1) is 3.12. The van der Waals surface area contributed by atoms with Crippen molar-refractivity contribution < 1.29 is 31.1 Å². The number of hydrogen-bond acceptors (Lipinski definition) is 0. The summed E-state index contributed by atoms with van der Waals surface area (Å²) < 4.78 is 0. The molecule has 0 heterocycles. The summed E-state index contributed by atoms with van der Waals surface area (Å²) in [4.78, 5) is 0. The van der Waals surface area contributed by atoms with E-state index in [1.165, 1.54) is 0 Å². The van der Waals surface area contributed by atoms with Crippen molar-refractivity contribution in [1.82, 2.24) is 0 Å². The van der Waals surface area contributed by atoms with Crippen LogP contribution >= 0.6 is 0 Å². The largest absolute Gasteiger partial charge is 2.00 e. The van der Waals surface area contributed by atoms with Crippen molar-refractivity contribution in [2.45, 2.75) is 20.3 Å². The van der Waals surface area contributed by atoms with E-state index in [2.05, 4.69) is 13.8 Å². The molecule has 1 unspecified atom stereocenters. The Labute approximate surface area is 75.8 Å². The Morgan fingerprint density at radius 1 is 1.62 bits per heavy atom. The minimum absolute atomic E-state index is 0. The zero-order chi connectivity index (χ0) is 5.91. The van der Waals surface area contributed by atoms with Gasteiger partial charge in [0, 0.05) is 0 Å². The topological polar surface area (TPSA) is 23.8 Å². The minimum Gasteiger partial charge on any atom is -0.679 e. The molecule has 1 N–H and O–H groups in total. The first-order valence-corrected chi connectivity index (χ1v) is 2.62. The molecule has 0 aliphatic heterocycles. The molecule has 0 bridgehead atoms. The first kappa shape index (κ1) is 11.8. The van der Waals surface area contributed by atoms with Gasteiger partial charge in [-0.25, -0.2) is 0 Å². The molecular formula is C6H13NU. The molecule has 1 nitrogen and oxygen atoms in total. The van der Waals surface area contributed by atoms with Crippen molar-refractivity contribution in [2.24, 2.45) is 5.41 Å². The molecular weight excluding hydrogens is 324 g/mol. The third-order valence-electron chi connectivity index (χ3n) is 1.28. The van der Waals surface area contributed by atoms with E-state index in [4.69, 9.17) is 5.73 Å². The molecule has 0 spiro atoms. The summed E-state index contributed by atoms with van der Waals surface area (Å²) in [5.74, 6) is 0. The molecule has 0 aliphatic rings. The van der Waals surface area contributed by atoms with E-state index in [0.717, 1.165) is 6.42 Å². The van der Waals surface area contributed by atoms with Gasteiger partial charge in [0.25, 0.3) is 0 Å². The van der Waals surface area contributed by atoms with Gasteiger partial charge < -0.3 is 12.7 Å². The van der Waals surface area contributed by atoms with Gasteiger partial charge in [-0.05, 0) is 0 Å². The normalized spacial score (nSPS) is 16.5. The zero-order valence-corrected chi connectivity index (χ0v) is 9.79. The Balaban J connectivity index is 0. The fourth-order valence-electron chi connectivity index (χ4n) is 0.125. The second-order valence-electron chi connectivity index (χ2n) is 2.34. The van der Waals surface area contributed by atoms with E-state index in [-0.39, 0.29) is 36.5 Å². The summed E-state index contributed by atoms with van der Waals surface area (Å²) >= 11 is 0. The maximum atomic E-state index is 6.94. The van der Waals surface area contributed by atoms with Gasteiger partial charge in [-0.1, -0.05) is 20.3 Å². The van der Waals surface area contributed by atoms with Crippen LogP contribution in [-0.2, 0) is 0 Å². The van der Waals surface area contributed by atoms with Gasteiger partial charge in [-0.15, -0.1) is 0 Å². The second-order valence-corrected chi connectivity index (χ2v) is 2.34. The van der Waals surface area contributed by atoms with Crippen LogP contribution in [0, 0.1) is 43.5 Å². The molecule has 0 amide bonds. The molecule has 0 aromatic rings. The Kier molecular flexibility index (Phi) is 7.13. The maximum absolute atomic E-state index is 6.94. The summed E-state index contributed by atoms with van der Waals surface area (Å²) in [6.45, 7) is 8.31. The molecule has 0 saturated heterocycles. The SMILES string of the molecule is [CH2-]C(C)(CC)C[NH-].[U+2]. The van der Waals surface area contributed by atoms with Crippen LogP contribution in [0.25, 0.3) is 5.73 Å². The standard InChI is InChI=1S/C6H13N.U/c1-4-6(2,3)5-7;/h7H,2,4-5H2,1,3H3;/q-2;+2. The molecule has 8 heavy (non-hydrogen) atoms. The van der Waals surface area contributed by atoms with E-state index in [0.29, 0.717) is 6.54 Å². The average Bonchev–Trinajstić information content (AvgIpc) is 1.68. The summed E-state index contributed by atoms with van der Waals surface area (Å²) in [6, 6.07) is 0. The smallest absolute Gasteiger partial charge is 0.679 e. The van der Waals surface area contributed by atoms with Crippen molar-refractivity contribution >= 4 is 0 Å². The van der Waals surface area contributed by atoms with Gasteiger partial charge in [0.15, 0.2) is 0 Å². The monoisotopic (exact) mass is 337 g/mol. The Morgan fingerprint density at radius 2 is 2.00 bits per heavy atom. The number of rotatable bonds is 2. The molecule has 0 aliphatic carbocycles. The fourth-order valence-corrected chi connectivity index (χ4v) is 0.125. The predicted octanol–water partition coefficient (Wildman–Crippen LogP) is 2.29.